The number of anilines is 2. The lowest BCUT2D eigenvalue weighted by molar-refractivity contribution is -0.136. The van der Waals surface area contributed by atoms with Crippen molar-refractivity contribution in [3.63, 3.8) is 0 Å². The van der Waals surface area contributed by atoms with Gasteiger partial charge in [0.2, 0.25) is 0 Å². The van der Waals surface area contributed by atoms with E-state index in [1.54, 1.807) is 32.0 Å². The summed E-state index contributed by atoms with van der Waals surface area (Å²) in [6, 6.07) is 24.0. The Labute approximate surface area is 197 Å². The number of amides is 4. The molecular weight excluding hydrogens is 432 g/mol. The van der Waals surface area contributed by atoms with E-state index in [0.717, 1.165) is 11.1 Å². The number of rotatable bonds is 6. The molecule has 4 N–H and O–H groups in total. The average molecular weight is 459 g/mol. The molecule has 2 atom stereocenters. The first-order valence-electron chi connectivity index (χ1n) is 10.8. The van der Waals surface area contributed by atoms with Gasteiger partial charge in [0.1, 0.15) is 0 Å². The number of benzene rings is 3. The van der Waals surface area contributed by atoms with E-state index in [0.29, 0.717) is 11.4 Å². The molecule has 34 heavy (non-hydrogen) atoms. The van der Waals surface area contributed by atoms with Crippen LogP contribution in [-0.2, 0) is 19.2 Å². The van der Waals surface area contributed by atoms with Crippen LogP contribution in [0.2, 0.25) is 0 Å². The van der Waals surface area contributed by atoms with Crippen LogP contribution in [0, 0.1) is 0 Å². The van der Waals surface area contributed by atoms with E-state index in [-0.39, 0.29) is 12.1 Å². The molecule has 174 valence electrons. The first kappa shape index (κ1) is 24.2. The van der Waals surface area contributed by atoms with Gasteiger partial charge in [0.05, 0.1) is 12.1 Å². The predicted octanol–water partition coefficient (Wildman–Crippen LogP) is 3.32. The van der Waals surface area contributed by atoms with Crippen LogP contribution >= 0.6 is 0 Å². The van der Waals surface area contributed by atoms with Crippen molar-refractivity contribution >= 4 is 35.0 Å². The number of carbonyl (C=O) groups is 4. The van der Waals surface area contributed by atoms with E-state index in [4.69, 9.17) is 0 Å². The molecule has 0 aliphatic carbocycles. The molecule has 0 saturated heterocycles. The highest BCUT2D eigenvalue weighted by Crippen LogP contribution is 2.16. The normalized spacial score (nSPS) is 12.1. The minimum atomic E-state index is -0.847. The molecule has 0 bridgehead atoms. The summed E-state index contributed by atoms with van der Waals surface area (Å²) in [5.74, 6) is -3.28. The zero-order valence-corrected chi connectivity index (χ0v) is 18.9. The Hall–Kier alpha value is -4.46. The van der Waals surface area contributed by atoms with Gasteiger partial charge in [0, 0.05) is 11.4 Å². The van der Waals surface area contributed by atoms with Crippen LogP contribution in [0.5, 0.6) is 0 Å². The molecule has 0 unspecified atom stereocenters. The Morgan fingerprint density at radius 2 is 0.912 bits per heavy atom. The van der Waals surface area contributed by atoms with Crippen molar-refractivity contribution in [1.82, 2.24) is 10.6 Å². The highest BCUT2D eigenvalue weighted by molar-refractivity contribution is 6.40. The number of nitrogens with one attached hydrogen (secondary N) is 4. The number of carbonyl (C=O) groups excluding carboxylic acids is 4. The number of hydrogen-bond acceptors (Lipinski definition) is 4. The third-order valence-corrected chi connectivity index (χ3v) is 5.09. The summed E-state index contributed by atoms with van der Waals surface area (Å²) in [6.07, 6.45) is 0. The van der Waals surface area contributed by atoms with Crippen LogP contribution in [0.25, 0.3) is 0 Å². The summed E-state index contributed by atoms with van der Waals surface area (Å²) in [4.78, 5) is 49.1. The molecule has 0 saturated carbocycles. The first-order chi connectivity index (χ1) is 16.3. The monoisotopic (exact) mass is 458 g/mol. The van der Waals surface area contributed by atoms with Crippen LogP contribution in [0.1, 0.15) is 37.1 Å². The fourth-order valence-corrected chi connectivity index (χ4v) is 3.22. The molecule has 0 aliphatic rings. The highest BCUT2D eigenvalue weighted by atomic mass is 16.2. The van der Waals surface area contributed by atoms with Gasteiger partial charge in [0.15, 0.2) is 0 Å². The average Bonchev–Trinajstić information content (AvgIpc) is 2.85. The van der Waals surface area contributed by atoms with Crippen LogP contribution in [0.3, 0.4) is 0 Å². The molecule has 0 aliphatic heterocycles. The van der Waals surface area contributed by atoms with Crippen molar-refractivity contribution in [1.29, 1.82) is 0 Å². The standard InChI is InChI=1S/C26H26N4O4/c1-17(19-10-5-3-6-11-19)27-23(31)25(33)29-21-14-9-15-22(16-21)30-26(34)24(32)28-18(2)20-12-7-4-8-13-20/h3-18H,1-2H3,(H,27,31)(H,28,32)(H,29,33)(H,30,34)/t17-,18-/m1/s1. The fraction of sp³-hybridized carbons (Fsp3) is 0.154. The topological polar surface area (TPSA) is 116 Å². The molecule has 3 rings (SSSR count). The van der Waals surface area contributed by atoms with Crippen molar-refractivity contribution in [3.8, 4) is 0 Å². The summed E-state index contributed by atoms with van der Waals surface area (Å²) in [5.41, 5.74) is 2.33. The third-order valence-electron chi connectivity index (χ3n) is 5.09. The summed E-state index contributed by atoms with van der Waals surface area (Å²) < 4.78 is 0. The molecule has 0 spiro atoms. The van der Waals surface area contributed by atoms with Crippen molar-refractivity contribution < 1.29 is 19.2 Å². The van der Waals surface area contributed by atoms with E-state index < -0.39 is 23.6 Å². The van der Waals surface area contributed by atoms with Crippen LogP contribution < -0.4 is 21.3 Å². The van der Waals surface area contributed by atoms with Crippen LogP contribution in [0.15, 0.2) is 84.9 Å². The van der Waals surface area contributed by atoms with Gasteiger partial charge in [-0.15, -0.1) is 0 Å². The van der Waals surface area contributed by atoms with Gasteiger partial charge in [-0.2, -0.15) is 0 Å². The van der Waals surface area contributed by atoms with Crippen LogP contribution in [-0.4, -0.2) is 23.6 Å². The summed E-state index contributed by atoms with van der Waals surface area (Å²) in [6.45, 7) is 3.56. The van der Waals surface area contributed by atoms with E-state index in [1.807, 2.05) is 60.7 Å². The summed E-state index contributed by atoms with van der Waals surface area (Å²) in [5, 5.41) is 10.3. The zero-order chi connectivity index (χ0) is 24.5. The SMILES string of the molecule is C[C@@H](NC(=O)C(=O)Nc1cccc(NC(=O)C(=O)N[C@H](C)c2ccccc2)c1)c1ccccc1. The van der Waals surface area contributed by atoms with Crippen molar-refractivity contribution in [2.45, 2.75) is 25.9 Å². The van der Waals surface area contributed by atoms with Gasteiger partial charge >= 0.3 is 23.6 Å². The maximum Gasteiger partial charge on any atom is 0.313 e. The molecule has 4 amide bonds. The van der Waals surface area contributed by atoms with Gasteiger partial charge < -0.3 is 21.3 Å². The Morgan fingerprint density at radius 3 is 1.29 bits per heavy atom. The second kappa shape index (κ2) is 11.4. The molecule has 0 radical (unpaired) electrons. The van der Waals surface area contributed by atoms with Crippen LogP contribution in [0.4, 0.5) is 11.4 Å². The predicted molar refractivity (Wildman–Crippen MR) is 130 cm³/mol. The third kappa shape index (κ3) is 6.77. The van der Waals surface area contributed by atoms with E-state index in [9.17, 15) is 19.2 Å². The first-order valence-corrected chi connectivity index (χ1v) is 10.8. The van der Waals surface area contributed by atoms with Gasteiger partial charge in [-0.1, -0.05) is 66.7 Å². The second-order valence-electron chi connectivity index (χ2n) is 7.70. The van der Waals surface area contributed by atoms with E-state index in [1.165, 1.54) is 6.07 Å². The maximum absolute atomic E-state index is 12.3. The van der Waals surface area contributed by atoms with Gasteiger partial charge in [-0.05, 0) is 43.2 Å². The Kier molecular flexibility index (Phi) is 8.12. The highest BCUT2D eigenvalue weighted by Gasteiger charge is 2.19. The summed E-state index contributed by atoms with van der Waals surface area (Å²) in [7, 11) is 0. The molecule has 0 heterocycles. The molecule has 0 aromatic heterocycles. The smallest absolute Gasteiger partial charge is 0.313 e. The van der Waals surface area contributed by atoms with Crippen molar-refractivity contribution in [2.75, 3.05) is 10.6 Å². The Morgan fingerprint density at radius 1 is 0.529 bits per heavy atom. The fourth-order valence-electron chi connectivity index (χ4n) is 3.22. The molecule has 8 heteroatoms. The molecule has 3 aromatic rings. The molecule has 8 nitrogen and oxygen atoms in total. The van der Waals surface area contributed by atoms with Gasteiger partial charge in [-0.25, -0.2) is 0 Å². The van der Waals surface area contributed by atoms with Gasteiger partial charge in [-0.3, -0.25) is 19.2 Å². The molecule has 3 aromatic carbocycles. The lowest BCUT2D eigenvalue weighted by Crippen LogP contribution is -2.37. The zero-order valence-electron chi connectivity index (χ0n) is 18.9. The van der Waals surface area contributed by atoms with E-state index >= 15 is 0 Å². The van der Waals surface area contributed by atoms with Crippen molar-refractivity contribution in [2.24, 2.45) is 0 Å². The quantitative estimate of drug-likeness (QED) is 0.424. The Balaban J connectivity index is 1.54. The largest absolute Gasteiger partial charge is 0.341 e. The number of hydrogen-bond donors (Lipinski definition) is 4. The summed E-state index contributed by atoms with van der Waals surface area (Å²) >= 11 is 0. The lowest BCUT2D eigenvalue weighted by Gasteiger charge is -2.15. The minimum absolute atomic E-state index is 0.295. The lowest BCUT2D eigenvalue weighted by atomic mass is 10.1. The Bertz CT molecular complexity index is 1080. The molecule has 0 fully saturated rings. The minimum Gasteiger partial charge on any atom is -0.341 e. The van der Waals surface area contributed by atoms with E-state index in [2.05, 4.69) is 21.3 Å². The molecular formula is C26H26N4O4. The van der Waals surface area contributed by atoms with Gasteiger partial charge in [0.25, 0.3) is 0 Å². The van der Waals surface area contributed by atoms with Crippen molar-refractivity contribution in [3.05, 3.63) is 96.1 Å². The second-order valence-corrected chi connectivity index (χ2v) is 7.70. The maximum atomic E-state index is 12.3.